The highest BCUT2D eigenvalue weighted by atomic mass is 16.5. The Bertz CT molecular complexity index is 370. The minimum Gasteiger partial charge on any atom is -0.380 e. The lowest BCUT2D eigenvalue weighted by Crippen LogP contribution is -2.10. The third-order valence-corrected chi connectivity index (χ3v) is 4.11. The van der Waals surface area contributed by atoms with Crippen LogP contribution in [0.5, 0.6) is 0 Å². The summed E-state index contributed by atoms with van der Waals surface area (Å²) >= 11 is 0. The fourth-order valence-corrected chi connectivity index (χ4v) is 3.17. The number of fused-ring (bicyclic) bond motifs is 1. The van der Waals surface area contributed by atoms with Gasteiger partial charge in [0.15, 0.2) is 0 Å². The van der Waals surface area contributed by atoms with Crippen molar-refractivity contribution in [2.75, 3.05) is 7.11 Å². The highest BCUT2D eigenvalue weighted by molar-refractivity contribution is 5.36. The Kier molecular flexibility index (Phi) is 5.25. The van der Waals surface area contributed by atoms with Gasteiger partial charge in [0.05, 0.1) is 6.61 Å². The Morgan fingerprint density at radius 1 is 1.28 bits per heavy atom. The van der Waals surface area contributed by atoms with Crippen LogP contribution in [-0.4, -0.2) is 7.11 Å². The second kappa shape index (κ2) is 6.94. The lowest BCUT2D eigenvalue weighted by atomic mass is 9.79. The number of rotatable bonds is 6. The molecule has 0 bridgehead atoms. The summed E-state index contributed by atoms with van der Waals surface area (Å²) in [7, 11) is 1.77. The fraction of sp³-hybridized carbons (Fsp3) is 0.647. The minimum absolute atomic E-state index is 0.744. The predicted octanol–water partition coefficient (Wildman–Crippen LogP) is 4.83. The molecule has 0 N–H and O–H groups in total. The second-order valence-corrected chi connectivity index (χ2v) is 5.55. The average Bonchev–Trinajstić information content (AvgIpc) is 2.39. The van der Waals surface area contributed by atoms with Gasteiger partial charge in [0.2, 0.25) is 0 Å². The van der Waals surface area contributed by atoms with Crippen molar-refractivity contribution < 1.29 is 4.74 Å². The molecule has 1 unspecified atom stereocenters. The normalized spacial score (nSPS) is 18.7. The molecule has 0 aliphatic heterocycles. The number of methoxy groups -OCH3 is 1. The smallest absolute Gasteiger partial charge is 0.0713 e. The van der Waals surface area contributed by atoms with Crippen LogP contribution in [0.4, 0.5) is 0 Å². The molecule has 1 aromatic rings. The number of hydrogen-bond donors (Lipinski definition) is 0. The Balaban J connectivity index is 2.06. The maximum atomic E-state index is 5.23. The first-order valence-corrected chi connectivity index (χ1v) is 7.45. The summed E-state index contributed by atoms with van der Waals surface area (Å²) in [5.74, 6) is 0.817. The topological polar surface area (TPSA) is 9.23 Å². The third kappa shape index (κ3) is 3.35. The van der Waals surface area contributed by atoms with Crippen LogP contribution in [0.15, 0.2) is 18.2 Å². The molecule has 0 saturated heterocycles. The van der Waals surface area contributed by atoms with Crippen molar-refractivity contribution in [2.45, 2.75) is 64.4 Å². The Hall–Kier alpha value is -0.820. The number of ether oxygens (including phenoxy) is 1. The molecule has 1 aliphatic rings. The Morgan fingerprint density at radius 2 is 2.17 bits per heavy atom. The zero-order valence-electron chi connectivity index (χ0n) is 11.9. The van der Waals surface area contributed by atoms with Crippen molar-refractivity contribution in [3.05, 3.63) is 34.9 Å². The van der Waals surface area contributed by atoms with Gasteiger partial charge in [-0.1, -0.05) is 44.4 Å². The van der Waals surface area contributed by atoms with E-state index in [-0.39, 0.29) is 0 Å². The number of benzene rings is 1. The van der Waals surface area contributed by atoms with Gasteiger partial charge in [0.1, 0.15) is 0 Å². The van der Waals surface area contributed by atoms with Gasteiger partial charge in [-0.2, -0.15) is 0 Å². The Labute approximate surface area is 112 Å². The fourth-order valence-electron chi connectivity index (χ4n) is 3.17. The van der Waals surface area contributed by atoms with Gasteiger partial charge in [-0.15, -0.1) is 0 Å². The number of hydrogen-bond acceptors (Lipinski definition) is 1. The Morgan fingerprint density at radius 3 is 2.94 bits per heavy atom. The summed E-state index contributed by atoms with van der Waals surface area (Å²) in [6.07, 6.45) is 9.49. The first-order chi connectivity index (χ1) is 8.85. The molecule has 18 heavy (non-hydrogen) atoms. The van der Waals surface area contributed by atoms with Crippen molar-refractivity contribution >= 4 is 0 Å². The molecule has 0 amide bonds. The molecule has 1 aromatic carbocycles. The van der Waals surface area contributed by atoms with E-state index >= 15 is 0 Å². The van der Waals surface area contributed by atoms with E-state index in [0.29, 0.717) is 0 Å². The number of unbranched alkanes of at least 4 members (excludes halogenated alkanes) is 2. The molecule has 0 fully saturated rings. The molecule has 2 rings (SSSR count). The molecule has 100 valence electrons. The molecule has 0 aromatic heterocycles. The van der Waals surface area contributed by atoms with E-state index in [4.69, 9.17) is 4.74 Å². The van der Waals surface area contributed by atoms with Crippen LogP contribution in [0, 0.1) is 0 Å². The van der Waals surface area contributed by atoms with E-state index < -0.39 is 0 Å². The third-order valence-electron chi connectivity index (χ3n) is 4.11. The largest absolute Gasteiger partial charge is 0.380 e. The van der Waals surface area contributed by atoms with Crippen LogP contribution in [0.2, 0.25) is 0 Å². The van der Waals surface area contributed by atoms with E-state index in [9.17, 15) is 0 Å². The maximum Gasteiger partial charge on any atom is 0.0713 e. The molecule has 1 aliphatic carbocycles. The van der Waals surface area contributed by atoms with Crippen LogP contribution in [0.3, 0.4) is 0 Å². The quantitative estimate of drug-likeness (QED) is 0.653. The molecule has 0 saturated carbocycles. The zero-order valence-corrected chi connectivity index (χ0v) is 11.9. The molecule has 0 heterocycles. The van der Waals surface area contributed by atoms with Crippen LogP contribution in [0.25, 0.3) is 0 Å². The minimum atomic E-state index is 0.744. The molecular weight excluding hydrogens is 220 g/mol. The summed E-state index contributed by atoms with van der Waals surface area (Å²) in [4.78, 5) is 0. The monoisotopic (exact) mass is 246 g/mol. The van der Waals surface area contributed by atoms with Gasteiger partial charge in [0.25, 0.3) is 0 Å². The lowest BCUT2D eigenvalue weighted by molar-refractivity contribution is 0.185. The summed E-state index contributed by atoms with van der Waals surface area (Å²) < 4.78 is 5.23. The first kappa shape index (κ1) is 13.6. The van der Waals surface area contributed by atoms with Crippen LogP contribution in [-0.2, 0) is 17.8 Å². The number of aryl methyl sites for hydroxylation is 1. The molecule has 0 radical (unpaired) electrons. The molecule has 0 spiro atoms. The van der Waals surface area contributed by atoms with Crippen molar-refractivity contribution in [3.63, 3.8) is 0 Å². The maximum absolute atomic E-state index is 5.23. The van der Waals surface area contributed by atoms with Crippen molar-refractivity contribution in [1.29, 1.82) is 0 Å². The van der Waals surface area contributed by atoms with E-state index in [1.807, 2.05) is 0 Å². The van der Waals surface area contributed by atoms with Gasteiger partial charge in [-0.25, -0.2) is 0 Å². The molecule has 1 nitrogen and oxygen atoms in total. The molecule has 1 heteroatoms. The van der Waals surface area contributed by atoms with E-state index in [2.05, 4.69) is 25.1 Å². The summed E-state index contributed by atoms with van der Waals surface area (Å²) in [6.45, 7) is 3.03. The van der Waals surface area contributed by atoms with Crippen LogP contribution < -0.4 is 0 Å². The molecule has 1 atom stereocenters. The average molecular weight is 246 g/mol. The van der Waals surface area contributed by atoms with Crippen molar-refractivity contribution in [2.24, 2.45) is 0 Å². The standard InChI is InChI=1S/C17H26O/c1-3-4-5-7-15-8-6-9-16-12-14(13-18-2)10-11-17(15)16/h10-12,15H,3-9,13H2,1-2H3. The van der Waals surface area contributed by atoms with E-state index in [0.717, 1.165) is 12.5 Å². The predicted molar refractivity (Wildman–Crippen MR) is 77.0 cm³/mol. The summed E-state index contributed by atoms with van der Waals surface area (Å²) in [5, 5.41) is 0. The van der Waals surface area contributed by atoms with Gasteiger partial charge < -0.3 is 4.74 Å². The van der Waals surface area contributed by atoms with Crippen molar-refractivity contribution in [3.8, 4) is 0 Å². The first-order valence-electron chi connectivity index (χ1n) is 7.45. The van der Waals surface area contributed by atoms with Gasteiger partial charge in [0, 0.05) is 7.11 Å². The SMILES string of the molecule is CCCCCC1CCCc2cc(COC)ccc21. The lowest BCUT2D eigenvalue weighted by Gasteiger charge is -2.26. The highest BCUT2D eigenvalue weighted by Gasteiger charge is 2.19. The second-order valence-electron chi connectivity index (χ2n) is 5.55. The molecular formula is C17H26O. The zero-order chi connectivity index (χ0) is 12.8. The van der Waals surface area contributed by atoms with E-state index in [1.54, 1.807) is 18.2 Å². The van der Waals surface area contributed by atoms with Gasteiger partial charge in [-0.3, -0.25) is 0 Å². The van der Waals surface area contributed by atoms with E-state index in [1.165, 1.54) is 50.5 Å². The summed E-state index contributed by atoms with van der Waals surface area (Å²) in [5.41, 5.74) is 4.53. The van der Waals surface area contributed by atoms with Crippen LogP contribution >= 0.6 is 0 Å². The summed E-state index contributed by atoms with van der Waals surface area (Å²) in [6, 6.07) is 6.98. The van der Waals surface area contributed by atoms with Gasteiger partial charge in [-0.05, 0) is 48.3 Å². The highest BCUT2D eigenvalue weighted by Crippen LogP contribution is 2.35. The van der Waals surface area contributed by atoms with Gasteiger partial charge >= 0.3 is 0 Å². The van der Waals surface area contributed by atoms with Crippen LogP contribution in [0.1, 0.15) is 68.1 Å². The van der Waals surface area contributed by atoms with Crippen molar-refractivity contribution in [1.82, 2.24) is 0 Å².